The molecule has 2 N–H and O–H groups in total. The van der Waals surface area contributed by atoms with Gasteiger partial charge in [-0.05, 0) is 36.4 Å². The van der Waals surface area contributed by atoms with Crippen LogP contribution in [-0.2, 0) is 9.59 Å². The largest absolute Gasteiger partial charge is 0.341 e. The molecule has 0 saturated carbocycles. The van der Waals surface area contributed by atoms with Crippen LogP contribution in [0.25, 0.3) is 0 Å². The first-order chi connectivity index (χ1) is 12.6. The van der Waals surface area contributed by atoms with Gasteiger partial charge in [0.15, 0.2) is 0 Å². The Morgan fingerprint density at radius 3 is 2.50 bits per heavy atom. The molecule has 0 atom stereocenters. The minimum Gasteiger partial charge on any atom is -0.341 e. The van der Waals surface area contributed by atoms with Gasteiger partial charge in [-0.3, -0.25) is 19.8 Å². The normalized spacial score (nSPS) is 13.5. The van der Waals surface area contributed by atoms with E-state index in [1.165, 1.54) is 5.01 Å². The number of hydrazine groups is 1. The molecule has 3 rings (SSSR count). The van der Waals surface area contributed by atoms with Crippen molar-refractivity contribution in [3.8, 4) is 11.8 Å². The SMILES string of the molecule is O=C1CCC(=O)N(c2ccc(C(=O)NCC#Cc3ccccc3)cc2)N1. The zero-order chi connectivity index (χ0) is 18.4. The topological polar surface area (TPSA) is 78.5 Å². The van der Waals surface area contributed by atoms with Crippen molar-refractivity contribution in [3.05, 3.63) is 65.7 Å². The maximum Gasteiger partial charge on any atom is 0.252 e. The fourth-order valence-corrected chi connectivity index (χ4v) is 2.44. The van der Waals surface area contributed by atoms with E-state index in [-0.39, 0.29) is 37.1 Å². The summed E-state index contributed by atoms with van der Waals surface area (Å²) in [5.74, 6) is 5.21. The molecule has 1 aliphatic rings. The molecule has 130 valence electrons. The number of carbonyl (C=O) groups excluding carboxylic acids is 3. The van der Waals surface area contributed by atoms with E-state index in [2.05, 4.69) is 22.6 Å². The number of hydrogen-bond acceptors (Lipinski definition) is 3. The molecule has 0 unspecified atom stereocenters. The third kappa shape index (κ3) is 4.28. The monoisotopic (exact) mass is 347 g/mol. The van der Waals surface area contributed by atoms with E-state index in [4.69, 9.17) is 0 Å². The van der Waals surface area contributed by atoms with E-state index in [0.717, 1.165) is 5.56 Å². The third-order valence-corrected chi connectivity index (χ3v) is 3.78. The second-order valence-corrected chi connectivity index (χ2v) is 5.66. The molecule has 1 fully saturated rings. The molecular formula is C20H17N3O3. The molecule has 0 aliphatic carbocycles. The van der Waals surface area contributed by atoms with Gasteiger partial charge in [-0.2, -0.15) is 0 Å². The molecule has 1 saturated heterocycles. The zero-order valence-corrected chi connectivity index (χ0v) is 14.0. The Balaban J connectivity index is 1.58. The summed E-state index contributed by atoms with van der Waals surface area (Å²) in [5, 5.41) is 3.93. The Morgan fingerprint density at radius 1 is 1.04 bits per heavy atom. The lowest BCUT2D eigenvalue weighted by atomic mass is 10.1. The Hall–Kier alpha value is -3.59. The molecule has 1 heterocycles. The van der Waals surface area contributed by atoms with E-state index in [0.29, 0.717) is 11.3 Å². The van der Waals surface area contributed by atoms with Crippen LogP contribution < -0.4 is 15.8 Å². The smallest absolute Gasteiger partial charge is 0.252 e. The second kappa shape index (κ2) is 7.99. The van der Waals surface area contributed by atoms with Crippen molar-refractivity contribution in [2.24, 2.45) is 0 Å². The summed E-state index contributed by atoms with van der Waals surface area (Å²) >= 11 is 0. The van der Waals surface area contributed by atoms with Gasteiger partial charge in [0.1, 0.15) is 0 Å². The number of anilines is 1. The fraction of sp³-hybridized carbons (Fsp3) is 0.150. The van der Waals surface area contributed by atoms with Gasteiger partial charge in [0, 0.05) is 24.0 Å². The van der Waals surface area contributed by atoms with E-state index in [1.54, 1.807) is 24.3 Å². The predicted molar refractivity (Wildman–Crippen MR) is 97.0 cm³/mol. The second-order valence-electron chi connectivity index (χ2n) is 5.66. The first-order valence-electron chi connectivity index (χ1n) is 8.18. The highest BCUT2D eigenvalue weighted by Gasteiger charge is 2.24. The van der Waals surface area contributed by atoms with Crippen LogP contribution in [0.5, 0.6) is 0 Å². The highest BCUT2D eigenvalue weighted by molar-refractivity contribution is 6.01. The van der Waals surface area contributed by atoms with Crippen LogP contribution in [0.3, 0.4) is 0 Å². The van der Waals surface area contributed by atoms with Gasteiger partial charge in [0.2, 0.25) is 11.8 Å². The Labute approximate surface area is 151 Å². The summed E-state index contributed by atoms with van der Waals surface area (Å²) < 4.78 is 0. The van der Waals surface area contributed by atoms with Crippen LogP contribution in [-0.4, -0.2) is 24.3 Å². The first-order valence-corrected chi connectivity index (χ1v) is 8.18. The Bertz CT molecular complexity index is 880. The molecule has 1 aliphatic heterocycles. The van der Waals surface area contributed by atoms with Crippen LogP contribution in [0.2, 0.25) is 0 Å². The number of amides is 3. The zero-order valence-electron chi connectivity index (χ0n) is 14.0. The molecule has 6 heteroatoms. The minimum atomic E-state index is -0.257. The summed E-state index contributed by atoms with van der Waals surface area (Å²) in [5.41, 5.74) is 4.37. The van der Waals surface area contributed by atoms with E-state index in [9.17, 15) is 14.4 Å². The summed E-state index contributed by atoms with van der Waals surface area (Å²) in [4.78, 5) is 35.4. The number of carbonyl (C=O) groups is 3. The number of hydrogen-bond donors (Lipinski definition) is 2. The lowest BCUT2D eigenvalue weighted by Crippen LogP contribution is -2.50. The van der Waals surface area contributed by atoms with Crippen LogP contribution in [0.1, 0.15) is 28.8 Å². The fourth-order valence-electron chi connectivity index (χ4n) is 2.44. The molecular weight excluding hydrogens is 330 g/mol. The molecule has 0 radical (unpaired) electrons. The van der Waals surface area contributed by atoms with Gasteiger partial charge in [-0.15, -0.1) is 0 Å². The molecule has 0 aromatic heterocycles. The van der Waals surface area contributed by atoms with Gasteiger partial charge < -0.3 is 5.32 Å². The van der Waals surface area contributed by atoms with E-state index < -0.39 is 0 Å². The maximum absolute atomic E-state index is 12.1. The summed E-state index contributed by atoms with van der Waals surface area (Å²) in [6, 6.07) is 16.0. The minimum absolute atomic E-state index is 0.175. The molecule has 0 spiro atoms. The average Bonchev–Trinajstić information content (AvgIpc) is 2.68. The lowest BCUT2D eigenvalue weighted by molar-refractivity contribution is -0.130. The number of nitrogens with zero attached hydrogens (tertiary/aromatic N) is 1. The number of rotatable bonds is 3. The van der Waals surface area contributed by atoms with Gasteiger partial charge in [0.05, 0.1) is 12.2 Å². The van der Waals surface area contributed by atoms with Crippen molar-refractivity contribution in [3.63, 3.8) is 0 Å². The summed E-state index contributed by atoms with van der Waals surface area (Å²) in [6.45, 7) is 0.232. The number of benzene rings is 2. The van der Waals surface area contributed by atoms with Gasteiger partial charge in [-0.25, -0.2) is 5.01 Å². The van der Waals surface area contributed by atoms with Crippen molar-refractivity contribution in [1.82, 2.24) is 10.7 Å². The molecule has 0 bridgehead atoms. The van der Waals surface area contributed by atoms with Crippen molar-refractivity contribution in [2.45, 2.75) is 12.8 Å². The van der Waals surface area contributed by atoms with Crippen LogP contribution in [0.15, 0.2) is 54.6 Å². The Morgan fingerprint density at radius 2 is 1.77 bits per heavy atom. The maximum atomic E-state index is 12.1. The Kier molecular flexibility index (Phi) is 5.30. The lowest BCUT2D eigenvalue weighted by Gasteiger charge is -2.27. The van der Waals surface area contributed by atoms with Crippen molar-refractivity contribution >= 4 is 23.4 Å². The average molecular weight is 347 g/mol. The molecule has 3 amide bonds. The number of nitrogens with one attached hydrogen (secondary N) is 2. The highest BCUT2D eigenvalue weighted by Crippen LogP contribution is 2.17. The molecule has 26 heavy (non-hydrogen) atoms. The van der Waals surface area contributed by atoms with Crippen molar-refractivity contribution in [2.75, 3.05) is 11.6 Å². The summed E-state index contributed by atoms with van der Waals surface area (Å²) in [6.07, 6.45) is 0.369. The van der Waals surface area contributed by atoms with Crippen LogP contribution in [0.4, 0.5) is 5.69 Å². The van der Waals surface area contributed by atoms with E-state index in [1.807, 2.05) is 30.3 Å². The van der Waals surface area contributed by atoms with Crippen LogP contribution in [0, 0.1) is 11.8 Å². The van der Waals surface area contributed by atoms with Gasteiger partial charge >= 0.3 is 0 Å². The van der Waals surface area contributed by atoms with Crippen molar-refractivity contribution in [1.29, 1.82) is 0 Å². The van der Waals surface area contributed by atoms with Crippen LogP contribution >= 0.6 is 0 Å². The quantitative estimate of drug-likeness (QED) is 0.829. The summed E-state index contributed by atoms with van der Waals surface area (Å²) in [7, 11) is 0. The third-order valence-electron chi connectivity index (χ3n) is 3.78. The molecule has 6 nitrogen and oxygen atoms in total. The predicted octanol–water partition coefficient (Wildman–Crippen LogP) is 1.63. The highest BCUT2D eigenvalue weighted by atomic mass is 16.2. The van der Waals surface area contributed by atoms with Crippen molar-refractivity contribution < 1.29 is 14.4 Å². The molecule has 2 aromatic carbocycles. The molecule has 2 aromatic rings. The first kappa shape index (κ1) is 17.2. The van der Waals surface area contributed by atoms with Gasteiger partial charge in [0.25, 0.3) is 5.91 Å². The van der Waals surface area contributed by atoms with Gasteiger partial charge in [-0.1, -0.05) is 30.0 Å². The van der Waals surface area contributed by atoms with E-state index >= 15 is 0 Å². The standard InChI is InChI=1S/C20H17N3O3/c24-18-12-13-19(25)23(22-18)17-10-8-16(9-11-17)20(26)21-14-4-7-15-5-2-1-3-6-15/h1-3,5-6,8-11H,12-14H2,(H,21,26)(H,22,24).